The van der Waals surface area contributed by atoms with Gasteiger partial charge in [0.2, 0.25) is 5.91 Å². The molecule has 0 heterocycles. The molecule has 1 fully saturated rings. The van der Waals surface area contributed by atoms with E-state index < -0.39 is 34.5 Å². The van der Waals surface area contributed by atoms with Crippen molar-refractivity contribution in [1.82, 2.24) is 0 Å². The van der Waals surface area contributed by atoms with Crippen molar-refractivity contribution < 1.29 is 23.1 Å². The number of methoxy groups -OCH3 is 1. The number of anilines is 1. The molecule has 1 aliphatic carbocycles. The van der Waals surface area contributed by atoms with Gasteiger partial charge in [0.15, 0.2) is 0 Å². The second kappa shape index (κ2) is 5.16. The molecular formula is C13H14F2N2O3. The van der Waals surface area contributed by atoms with Gasteiger partial charge in [-0.2, -0.15) is 0 Å². The van der Waals surface area contributed by atoms with Crippen LogP contribution in [0.2, 0.25) is 0 Å². The maximum atomic E-state index is 13.6. The minimum atomic E-state index is -1.05. The monoisotopic (exact) mass is 284 g/mol. The molecule has 7 heteroatoms. The fourth-order valence-electron chi connectivity index (χ4n) is 1.84. The number of nitrogens with two attached hydrogens (primary N) is 1. The molecule has 1 amide bonds. The Morgan fingerprint density at radius 3 is 2.50 bits per heavy atom. The Kier molecular flexibility index (Phi) is 3.71. The van der Waals surface area contributed by atoms with Crippen LogP contribution in [0.4, 0.5) is 14.5 Å². The third-order valence-electron chi connectivity index (χ3n) is 3.44. The fourth-order valence-corrected chi connectivity index (χ4v) is 1.84. The van der Waals surface area contributed by atoms with Crippen LogP contribution in [0.3, 0.4) is 0 Å². The molecule has 0 bridgehead atoms. The first-order valence-electron chi connectivity index (χ1n) is 6.02. The van der Waals surface area contributed by atoms with Gasteiger partial charge in [0.1, 0.15) is 11.6 Å². The quantitative estimate of drug-likeness (QED) is 0.819. The summed E-state index contributed by atoms with van der Waals surface area (Å²) in [5, 5.41) is 2.34. The molecule has 1 aromatic carbocycles. The molecule has 1 saturated carbocycles. The summed E-state index contributed by atoms with van der Waals surface area (Å²) in [6.07, 6.45) is 1.25. The predicted octanol–water partition coefficient (Wildman–Crippen LogP) is 1.43. The molecule has 0 atom stereocenters. The lowest BCUT2D eigenvalue weighted by Crippen LogP contribution is -2.31. The van der Waals surface area contributed by atoms with Gasteiger partial charge in [-0.15, -0.1) is 0 Å². The third kappa shape index (κ3) is 2.49. The first-order chi connectivity index (χ1) is 9.43. The highest BCUT2D eigenvalue weighted by molar-refractivity contribution is 5.99. The van der Waals surface area contributed by atoms with Gasteiger partial charge in [0.05, 0.1) is 23.8 Å². The standard InChI is InChI=1S/C13H14F2N2O3/c1-20-11(18)7-4-10(9(15)5-8(7)14)17-12(19)13(6-16)2-3-13/h4-5H,2-3,6,16H2,1H3,(H,17,19). The highest BCUT2D eigenvalue weighted by atomic mass is 19.1. The Hall–Kier alpha value is -2.02. The number of carbonyl (C=O) groups is 2. The Morgan fingerprint density at radius 1 is 1.35 bits per heavy atom. The fraction of sp³-hybridized carbons (Fsp3) is 0.385. The molecule has 1 aliphatic rings. The summed E-state index contributed by atoms with van der Waals surface area (Å²) >= 11 is 0. The Balaban J connectivity index is 2.28. The minimum absolute atomic E-state index is 0.158. The summed E-state index contributed by atoms with van der Waals surface area (Å²) in [4.78, 5) is 23.3. The maximum Gasteiger partial charge on any atom is 0.340 e. The molecular weight excluding hydrogens is 270 g/mol. The lowest BCUT2D eigenvalue weighted by atomic mass is 10.1. The number of ether oxygens (including phenoxy) is 1. The second-order valence-corrected chi connectivity index (χ2v) is 4.74. The third-order valence-corrected chi connectivity index (χ3v) is 3.44. The van der Waals surface area contributed by atoms with Crippen LogP contribution in [0.1, 0.15) is 23.2 Å². The van der Waals surface area contributed by atoms with Crippen LogP contribution >= 0.6 is 0 Å². The van der Waals surface area contributed by atoms with Gasteiger partial charge in [-0.3, -0.25) is 4.79 Å². The zero-order chi connectivity index (χ0) is 14.9. The molecule has 0 radical (unpaired) electrons. The molecule has 0 unspecified atom stereocenters. The van der Waals surface area contributed by atoms with Gasteiger partial charge in [0, 0.05) is 12.6 Å². The van der Waals surface area contributed by atoms with E-state index >= 15 is 0 Å². The van der Waals surface area contributed by atoms with Crippen molar-refractivity contribution in [3.05, 3.63) is 29.3 Å². The molecule has 5 nitrogen and oxygen atoms in total. The number of esters is 1. The van der Waals surface area contributed by atoms with Gasteiger partial charge < -0.3 is 15.8 Å². The van der Waals surface area contributed by atoms with Crippen molar-refractivity contribution >= 4 is 17.6 Å². The summed E-state index contributed by atoms with van der Waals surface area (Å²) in [7, 11) is 1.08. The number of hydrogen-bond donors (Lipinski definition) is 2. The van der Waals surface area contributed by atoms with Gasteiger partial charge in [-0.1, -0.05) is 0 Å². The molecule has 0 spiro atoms. The Labute approximate surface area is 114 Å². The highest BCUT2D eigenvalue weighted by Crippen LogP contribution is 2.45. The van der Waals surface area contributed by atoms with E-state index in [1.807, 2.05) is 0 Å². The largest absolute Gasteiger partial charge is 0.465 e. The average Bonchev–Trinajstić information content (AvgIpc) is 3.22. The number of nitrogens with one attached hydrogen (secondary N) is 1. The van der Waals surface area contributed by atoms with E-state index in [0.717, 1.165) is 13.2 Å². The summed E-state index contributed by atoms with van der Waals surface area (Å²) in [5.41, 5.74) is 4.11. The first-order valence-corrected chi connectivity index (χ1v) is 6.02. The van der Waals surface area contributed by atoms with E-state index in [0.29, 0.717) is 18.9 Å². The molecule has 3 N–H and O–H groups in total. The number of benzene rings is 1. The van der Waals surface area contributed by atoms with Crippen molar-refractivity contribution in [2.75, 3.05) is 19.0 Å². The van der Waals surface area contributed by atoms with Crippen LogP contribution in [0.5, 0.6) is 0 Å². The van der Waals surface area contributed by atoms with Crippen LogP contribution in [-0.4, -0.2) is 25.5 Å². The van der Waals surface area contributed by atoms with Gasteiger partial charge in [0.25, 0.3) is 0 Å². The number of carbonyl (C=O) groups excluding carboxylic acids is 2. The molecule has 20 heavy (non-hydrogen) atoms. The number of rotatable bonds is 4. The number of halogens is 2. The van der Waals surface area contributed by atoms with Crippen molar-refractivity contribution in [2.45, 2.75) is 12.8 Å². The molecule has 0 aliphatic heterocycles. The first kappa shape index (κ1) is 14.4. The van der Waals surface area contributed by atoms with Gasteiger partial charge in [-0.05, 0) is 18.9 Å². The smallest absolute Gasteiger partial charge is 0.340 e. The Morgan fingerprint density at radius 2 is 2.00 bits per heavy atom. The van der Waals surface area contributed by atoms with E-state index in [2.05, 4.69) is 10.1 Å². The van der Waals surface area contributed by atoms with Gasteiger partial charge >= 0.3 is 5.97 Å². The summed E-state index contributed by atoms with van der Waals surface area (Å²) < 4.78 is 31.5. The molecule has 1 aromatic rings. The maximum absolute atomic E-state index is 13.6. The topological polar surface area (TPSA) is 81.4 Å². The van der Waals surface area contributed by atoms with E-state index in [9.17, 15) is 18.4 Å². The van der Waals surface area contributed by atoms with Crippen molar-refractivity contribution in [3.8, 4) is 0 Å². The SMILES string of the molecule is COC(=O)c1cc(NC(=O)C2(CN)CC2)c(F)cc1F. The lowest BCUT2D eigenvalue weighted by molar-refractivity contribution is -0.120. The Bertz CT molecular complexity index is 571. The van der Waals surface area contributed by atoms with Crippen molar-refractivity contribution in [2.24, 2.45) is 11.1 Å². The van der Waals surface area contributed by atoms with Crippen LogP contribution < -0.4 is 11.1 Å². The van der Waals surface area contributed by atoms with E-state index in [1.165, 1.54) is 0 Å². The molecule has 0 saturated heterocycles. The van der Waals surface area contributed by atoms with Crippen LogP contribution in [0.25, 0.3) is 0 Å². The molecule has 108 valence electrons. The van der Waals surface area contributed by atoms with Crippen molar-refractivity contribution in [3.63, 3.8) is 0 Å². The second-order valence-electron chi connectivity index (χ2n) is 4.74. The zero-order valence-corrected chi connectivity index (χ0v) is 10.8. The van der Waals surface area contributed by atoms with Crippen molar-refractivity contribution in [1.29, 1.82) is 0 Å². The normalized spacial score (nSPS) is 15.6. The summed E-state index contributed by atoms with van der Waals surface area (Å²) in [6, 6.07) is 1.45. The van der Waals surface area contributed by atoms with E-state index in [1.54, 1.807) is 0 Å². The highest BCUT2D eigenvalue weighted by Gasteiger charge is 2.48. The summed E-state index contributed by atoms with van der Waals surface area (Å²) in [5.74, 6) is -3.39. The van der Waals surface area contributed by atoms with E-state index in [-0.39, 0.29) is 12.2 Å². The average molecular weight is 284 g/mol. The minimum Gasteiger partial charge on any atom is -0.465 e. The zero-order valence-electron chi connectivity index (χ0n) is 10.8. The number of amides is 1. The summed E-state index contributed by atoms with van der Waals surface area (Å²) in [6.45, 7) is 0.158. The number of hydrogen-bond acceptors (Lipinski definition) is 4. The lowest BCUT2D eigenvalue weighted by Gasteiger charge is -2.14. The molecule has 0 aromatic heterocycles. The van der Waals surface area contributed by atoms with Crippen LogP contribution in [0.15, 0.2) is 12.1 Å². The van der Waals surface area contributed by atoms with E-state index in [4.69, 9.17) is 5.73 Å². The van der Waals surface area contributed by atoms with Gasteiger partial charge in [-0.25, -0.2) is 13.6 Å². The van der Waals surface area contributed by atoms with Crippen LogP contribution in [0, 0.1) is 17.0 Å². The van der Waals surface area contributed by atoms with Crippen LogP contribution in [-0.2, 0) is 9.53 Å². The predicted molar refractivity (Wildman–Crippen MR) is 67.0 cm³/mol. The molecule has 2 rings (SSSR count).